The number of fused-ring (bicyclic) bond motifs is 9. The van der Waals surface area contributed by atoms with Crippen LogP contribution in [0.15, 0.2) is 167 Å². The van der Waals surface area contributed by atoms with Gasteiger partial charge < -0.3 is 18.6 Å². The Morgan fingerprint density at radius 1 is 0.333 bits per heavy atom. The average molecular weight is 777 g/mol. The molecule has 2 heterocycles. The van der Waals surface area contributed by atoms with E-state index in [0.717, 1.165) is 88.2 Å². The highest BCUT2D eigenvalue weighted by molar-refractivity contribution is 6.28. The summed E-state index contributed by atoms with van der Waals surface area (Å²) < 4.78 is 13.4. The summed E-state index contributed by atoms with van der Waals surface area (Å²) in [4.78, 5) is 4.73. The molecule has 0 atom stereocenters. The highest BCUT2D eigenvalue weighted by Crippen LogP contribution is 2.45. The predicted molar refractivity (Wildman–Crippen MR) is 254 cm³/mol. The highest BCUT2D eigenvalue weighted by atomic mass is 16.3. The molecule has 0 fully saturated rings. The van der Waals surface area contributed by atoms with Crippen LogP contribution in [0.1, 0.15) is 33.4 Å². The molecule has 9 aromatic carbocycles. The quantitative estimate of drug-likeness (QED) is 0.168. The van der Waals surface area contributed by atoms with Crippen LogP contribution in [0.5, 0.6) is 0 Å². The van der Waals surface area contributed by atoms with Crippen LogP contribution in [-0.2, 0) is 0 Å². The molecule has 0 saturated heterocycles. The fourth-order valence-corrected chi connectivity index (χ4v) is 9.07. The molecule has 0 amide bonds. The minimum absolute atomic E-state index is 0.852. The SMILES string of the molecule is Cc1ccc(N(c2ccc3cc4c(cc3c2)oc2ccc3oc5cc6cc(N(c7ccc(C)cc7)c7cccc(C)c7C)ccc6cc5c3c24)c2cccc(C)c2C)cc1. The second kappa shape index (κ2) is 13.6. The monoisotopic (exact) mass is 776 g/mol. The van der Waals surface area contributed by atoms with Gasteiger partial charge >= 0.3 is 0 Å². The minimum Gasteiger partial charge on any atom is -0.456 e. The first-order chi connectivity index (χ1) is 29.2. The standard InChI is InChI=1S/C56H44N2O2/c1-33-13-19-43(20-14-33)57(49-11-7-9-35(3)37(49)5)45-23-17-39-29-47-53(31-41(39)27-45)59-51-25-26-52-56(55(47)51)48-30-40-18-24-46(28-42(40)32-54(48)60-52)58(44-21-15-34(2)16-22-44)50-12-8-10-36(4)38(50)6/h7-32H,1-6H3. The van der Waals surface area contributed by atoms with Crippen LogP contribution in [0.3, 0.4) is 0 Å². The van der Waals surface area contributed by atoms with E-state index in [9.17, 15) is 0 Å². The Morgan fingerprint density at radius 2 is 0.733 bits per heavy atom. The number of hydrogen-bond donors (Lipinski definition) is 0. The number of furan rings is 2. The number of hydrogen-bond acceptors (Lipinski definition) is 4. The van der Waals surface area contributed by atoms with Crippen LogP contribution >= 0.6 is 0 Å². The van der Waals surface area contributed by atoms with E-state index in [1.54, 1.807) is 0 Å². The largest absolute Gasteiger partial charge is 0.456 e. The molecule has 0 radical (unpaired) electrons. The summed E-state index contributed by atoms with van der Waals surface area (Å²) in [5, 5.41) is 8.89. The van der Waals surface area contributed by atoms with E-state index in [4.69, 9.17) is 8.83 Å². The van der Waals surface area contributed by atoms with Gasteiger partial charge in [0.1, 0.15) is 22.3 Å². The van der Waals surface area contributed by atoms with Crippen molar-refractivity contribution in [1.82, 2.24) is 0 Å². The maximum atomic E-state index is 6.68. The Labute approximate surface area is 349 Å². The predicted octanol–water partition coefficient (Wildman–Crippen LogP) is 16.6. The fraction of sp³-hybridized carbons (Fsp3) is 0.107. The zero-order valence-corrected chi connectivity index (χ0v) is 34.7. The van der Waals surface area contributed by atoms with Crippen molar-refractivity contribution in [3.05, 3.63) is 191 Å². The summed E-state index contributed by atoms with van der Waals surface area (Å²) in [6.07, 6.45) is 0. The van der Waals surface area contributed by atoms with Crippen LogP contribution < -0.4 is 9.80 Å². The molecule has 11 aromatic rings. The van der Waals surface area contributed by atoms with Crippen LogP contribution in [0, 0.1) is 41.5 Å². The molecule has 0 bridgehead atoms. The van der Waals surface area contributed by atoms with Gasteiger partial charge in [-0.2, -0.15) is 0 Å². The van der Waals surface area contributed by atoms with Gasteiger partial charge in [0.2, 0.25) is 0 Å². The molecular weight excluding hydrogens is 733 g/mol. The molecule has 0 aliphatic rings. The molecule has 0 aliphatic heterocycles. The van der Waals surface area contributed by atoms with Gasteiger partial charge in [-0.3, -0.25) is 0 Å². The molecule has 0 N–H and O–H groups in total. The molecule has 0 unspecified atom stereocenters. The maximum Gasteiger partial charge on any atom is 0.136 e. The van der Waals surface area contributed by atoms with Crippen molar-refractivity contribution < 1.29 is 8.83 Å². The zero-order chi connectivity index (χ0) is 40.8. The summed E-state index contributed by atoms with van der Waals surface area (Å²) >= 11 is 0. The average Bonchev–Trinajstić information content (AvgIpc) is 3.80. The number of benzene rings is 9. The lowest BCUT2D eigenvalue weighted by atomic mass is 10.00. The van der Waals surface area contributed by atoms with Crippen molar-refractivity contribution in [2.75, 3.05) is 9.80 Å². The van der Waals surface area contributed by atoms with E-state index in [1.165, 1.54) is 44.8 Å². The first-order valence-electron chi connectivity index (χ1n) is 20.7. The summed E-state index contributed by atoms with van der Waals surface area (Å²) in [5.74, 6) is 0. The molecule has 0 saturated carbocycles. The van der Waals surface area contributed by atoms with Crippen molar-refractivity contribution in [2.45, 2.75) is 41.5 Å². The van der Waals surface area contributed by atoms with Gasteiger partial charge in [-0.25, -0.2) is 0 Å². The van der Waals surface area contributed by atoms with E-state index in [2.05, 4.69) is 209 Å². The van der Waals surface area contributed by atoms with Gasteiger partial charge in [-0.15, -0.1) is 0 Å². The third-order valence-electron chi connectivity index (χ3n) is 12.7. The van der Waals surface area contributed by atoms with Crippen molar-refractivity contribution in [3.63, 3.8) is 0 Å². The van der Waals surface area contributed by atoms with Crippen LogP contribution in [-0.4, -0.2) is 0 Å². The number of aryl methyl sites for hydroxylation is 4. The second-order valence-corrected chi connectivity index (χ2v) is 16.6. The summed E-state index contributed by atoms with van der Waals surface area (Å²) in [6, 6.07) is 57.2. The van der Waals surface area contributed by atoms with Crippen LogP contribution in [0.25, 0.3) is 65.4 Å². The molecule has 4 heteroatoms. The van der Waals surface area contributed by atoms with Gasteiger partial charge in [-0.05, 0) is 182 Å². The van der Waals surface area contributed by atoms with Gasteiger partial charge in [0, 0.05) is 55.7 Å². The van der Waals surface area contributed by atoms with Gasteiger partial charge in [-0.1, -0.05) is 71.8 Å². The molecule has 60 heavy (non-hydrogen) atoms. The molecule has 290 valence electrons. The first kappa shape index (κ1) is 35.8. The third kappa shape index (κ3) is 5.74. The van der Waals surface area contributed by atoms with Gasteiger partial charge in [0.15, 0.2) is 0 Å². The van der Waals surface area contributed by atoms with Crippen LogP contribution in [0.2, 0.25) is 0 Å². The zero-order valence-electron chi connectivity index (χ0n) is 34.7. The van der Waals surface area contributed by atoms with Gasteiger partial charge in [0.05, 0.1) is 0 Å². The fourth-order valence-electron chi connectivity index (χ4n) is 9.07. The number of nitrogens with zero attached hydrogens (tertiary/aromatic N) is 2. The van der Waals surface area contributed by atoms with Crippen molar-refractivity contribution in [3.8, 4) is 0 Å². The summed E-state index contributed by atoms with van der Waals surface area (Å²) in [5.41, 5.74) is 17.8. The lowest BCUT2D eigenvalue weighted by Gasteiger charge is -2.28. The lowest BCUT2D eigenvalue weighted by Crippen LogP contribution is -2.11. The lowest BCUT2D eigenvalue weighted by molar-refractivity contribution is 0.663. The topological polar surface area (TPSA) is 32.8 Å². The molecule has 0 spiro atoms. The Balaban J connectivity index is 1.05. The molecule has 0 aliphatic carbocycles. The van der Waals surface area contributed by atoms with E-state index >= 15 is 0 Å². The molecule has 2 aromatic heterocycles. The third-order valence-corrected chi connectivity index (χ3v) is 12.7. The van der Waals surface area contributed by atoms with E-state index in [1.807, 2.05) is 0 Å². The van der Waals surface area contributed by atoms with Crippen LogP contribution in [0.4, 0.5) is 34.1 Å². The summed E-state index contributed by atoms with van der Waals surface area (Å²) in [7, 11) is 0. The number of anilines is 6. The Hall–Kier alpha value is -7.30. The first-order valence-corrected chi connectivity index (χ1v) is 20.7. The Bertz CT molecular complexity index is 3260. The normalized spacial score (nSPS) is 11.8. The Kier molecular flexibility index (Phi) is 8.15. The Morgan fingerprint density at radius 3 is 1.15 bits per heavy atom. The van der Waals surface area contributed by atoms with Crippen molar-refractivity contribution >= 4 is 99.5 Å². The maximum absolute atomic E-state index is 6.68. The molecule has 11 rings (SSSR count). The van der Waals surface area contributed by atoms with Gasteiger partial charge in [0.25, 0.3) is 0 Å². The minimum atomic E-state index is 0.852. The van der Waals surface area contributed by atoms with E-state index in [0.29, 0.717) is 0 Å². The van der Waals surface area contributed by atoms with E-state index < -0.39 is 0 Å². The van der Waals surface area contributed by atoms with E-state index in [-0.39, 0.29) is 0 Å². The smallest absolute Gasteiger partial charge is 0.136 e. The molecule has 4 nitrogen and oxygen atoms in total. The number of rotatable bonds is 6. The van der Waals surface area contributed by atoms with Crippen molar-refractivity contribution in [1.29, 1.82) is 0 Å². The van der Waals surface area contributed by atoms with Crippen molar-refractivity contribution in [2.24, 2.45) is 0 Å². The highest BCUT2D eigenvalue weighted by Gasteiger charge is 2.21. The molecular formula is C56H44N2O2. The summed E-state index contributed by atoms with van der Waals surface area (Å²) in [6.45, 7) is 13.0. The second-order valence-electron chi connectivity index (χ2n) is 16.6.